The molecule has 116 valence electrons. The summed E-state index contributed by atoms with van der Waals surface area (Å²) in [6.45, 7) is 0. The predicted octanol–water partition coefficient (Wildman–Crippen LogP) is 2.05. The average molecular weight is 336 g/mol. The molecule has 1 saturated carbocycles. The van der Waals surface area contributed by atoms with Gasteiger partial charge in [-0.1, -0.05) is 0 Å². The quantitative estimate of drug-likeness (QED) is 0.855. The van der Waals surface area contributed by atoms with Crippen LogP contribution in [0.1, 0.15) is 29.6 Å². The first-order valence-corrected chi connectivity index (χ1v) is 8.70. The fourth-order valence-electron chi connectivity index (χ4n) is 2.39. The van der Waals surface area contributed by atoms with Crippen molar-refractivity contribution in [1.29, 1.82) is 0 Å². The first-order valence-electron chi connectivity index (χ1n) is 6.39. The largest absolute Gasteiger partial charge is 0.381 e. The molecule has 0 aromatic heterocycles. The molecule has 1 aliphatic carbocycles. The van der Waals surface area contributed by atoms with Gasteiger partial charge in [0.15, 0.2) is 0 Å². The Bertz CT molecular complexity index is 650. The zero-order chi connectivity index (χ0) is 15.6. The third-order valence-corrected chi connectivity index (χ3v) is 4.85. The summed E-state index contributed by atoms with van der Waals surface area (Å²) < 4.78 is 41.1. The lowest BCUT2D eigenvalue weighted by molar-refractivity contribution is 0.0914. The van der Waals surface area contributed by atoms with Gasteiger partial charge in [0.1, 0.15) is 10.7 Å². The Balaban J connectivity index is 2.13. The number of carbonyl (C=O) groups excluding carboxylic acids is 1. The molecule has 5 nitrogen and oxygen atoms in total. The minimum absolute atomic E-state index is 0.0384. The Morgan fingerprint density at radius 1 is 1.43 bits per heavy atom. The highest BCUT2D eigenvalue weighted by Crippen LogP contribution is 2.23. The number of hydrogen-bond donors (Lipinski definition) is 1. The lowest BCUT2D eigenvalue weighted by Gasteiger charge is -2.13. The van der Waals surface area contributed by atoms with Crippen LogP contribution in [0.25, 0.3) is 0 Å². The summed E-state index contributed by atoms with van der Waals surface area (Å²) in [5.41, 5.74) is 0.0523. The molecule has 0 heterocycles. The maximum absolute atomic E-state index is 13.4. The molecule has 1 aromatic rings. The van der Waals surface area contributed by atoms with Crippen molar-refractivity contribution in [1.82, 2.24) is 5.32 Å². The highest BCUT2D eigenvalue weighted by molar-refractivity contribution is 8.13. The zero-order valence-corrected chi connectivity index (χ0v) is 12.9. The Kier molecular flexibility index (Phi) is 4.85. The van der Waals surface area contributed by atoms with Crippen LogP contribution in [-0.2, 0) is 13.8 Å². The zero-order valence-electron chi connectivity index (χ0n) is 11.3. The molecule has 2 atom stereocenters. The van der Waals surface area contributed by atoms with Crippen LogP contribution in [0.5, 0.6) is 0 Å². The number of amides is 1. The summed E-state index contributed by atoms with van der Waals surface area (Å²) in [6, 6.07) is 3.04. The van der Waals surface area contributed by atoms with Crippen molar-refractivity contribution in [2.75, 3.05) is 7.11 Å². The second-order valence-corrected chi connectivity index (χ2v) is 7.46. The number of halogens is 2. The molecule has 0 aliphatic heterocycles. The van der Waals surface area contributed by atoms with Gasteiger partial charge in [-0.15, -0.1) is 0 Å². The number of benzene rings is 1. The summed E-state index contributed by atoms with van der Waals surface area (Å²) in [7, 11) is 2.52. The monoisotopic (exact) mass is 335 g/mol. The van der Waals surface area contributed by atoms with Crippen LogP contribution in [0.3, 0.4) is 0 Å². The molecule has 21 heavy (non-hydrogen) atoms. The van der Waals surface area contributed by atoms with E-state index in [1.165, 1.54) is 6.07 Å². The molecule has 2 unspecified atom stereocenters. The van der Waals surface area contributed by atoms with Gasteiger partial charge in [-0.3, -0.25) is 4.79 Å². The van der Waals surface area contributed by atoms with Gasteiger partial charge in [0.05, 0.1) is 6.10 Å². The van der Waals surface area contributed by atoms with E-state index >= 15 is 0 Å². The number of ether oxygens (including phenoxy) is 1. The van der Waals surface area contributed by atoms with Crippen LogP contribution in [-0.4, -0.2) is 33.6 Å². The van der Waals surface area contributed by atoms with E-state index in [2.05, 4.69) is 5.32 Å². The molecule has 2 rings (SSSR count). The van der Waals surface area contributed by atoms with Crippen LogP contribution < -0.4 is 5.32 Å². The van der Waals surface area contributed by atoms with Crippen molar-refractivity contribution in [3.05, 3.63) is 29.6 Å². The minimum Gasteiger partial charge on any atom is -0.381 e. The number of rotatable bonds is 4. The van der Waals surface area contributed by atoms with E-state index in [-0.39, 0.29) is 17.7 Å². The van der Waals surface area contributed by atoms with Gasteiger partial charge in [0, 0.05) is 29.4 Å². The van der Waals surface area contributed by atoms with E-state index < -0.39 is 25.7 Å². The Morgan fingerprint density at radius 2 is 2.14 bits per heavy atom. The Hall–Kier alpha value is -1.18. The molecule has 1 N–H and O–H groups in total. The number of carbonyl (C=O) groups is 1. The molecule has 1 amide bonds. The van der Waals surface area contributed by atoms with Crippen LogP contribution in [0, 0.1) is 5.82 Å². The number of hydrogen-bond acceptors (Lipinski definition) is 4. The normalized spacial score (nSPS) is 22.2. The van der Waals surface area contributed by atoms with Gasteiger partial charge in [-0.2, -0.15) is 0 Å². The van der Waals surface area contributed by atoms with Crippen LogP contribution in [0.2, 0.25) is 0 Å². The number of nitrogens with one attached hydrogen (secondary N) is 1. The first-order chi connectivity index (χ1) is 9.81. The van der Waals surface area contributed by atoms with Crippen LogP contribution in [0.15, 0.2) is 23.1 Å². The first kappa shape index (κ1) is 16.2. The molecule has 1 aromatic carbocycles. The van der Waals surface area contributed by atoms with Crippen molar-refractivity contribution in [3.63, 3.8) is 0 Å². The third kappa shape index (κ3) is 3.93. The highest BCUT2D eigenvalue weighted by atomic mass is 35.7. The summed E-state index contributed by atoms with van der Waals surface area (Å²) in [6.07, 6.45) is 2.45. The molecule has 0 spiro atoms. The fraction of sp³-hybridized carbons (Fsp3) is 0.462. The summed E-state index contributed by atoms with van der Waals surface area (Å²) >= 11 is 0. The van der Waals surface area contributed by atoms with E-state index in [9.17, 15) is 17.6 Å². The lowest BCUT2D eigenvalue weighted by Crippen LogP contribution is -2.33. The smallest absolute Gasteiger partial charge is 0.264 e. The van der Waals surface area contributed by atoms with E-state index in [0.29, 0.717) is 6.42 Å². The van der Waals surface area contributed by atoms with Gasteiger partial charge in [-0.05, 0) is 37.5 Å². The molecule has 0 radical (unpaired) electrons. The van der Waals surface area contributed by atoms with Crippen LogP contribution in [0.4, 0.5) is 4.39 Å². The Labute approximate surface area is 126 Å². The molecule has 0 bridgehead atoms. The van der Waals surface area contributed by atoms with Gasteiger partial charge in [-0.25, -0.2) is 12.8 Å². The highest BCUT2D eigenvalue weighted by Gasteiger charge is 2.26. The van der Waals surface area contributed by atoms with Crippen LogP contribution >= 0.6 is 10.7 Å². The third-order valence-electron chi connectivity index (χ3n) is 3.51. The molecule has 1 aliphatic rings. The molecular weight excluding hydrogens is 321 g/mol. The lowest BCUT2D eigenvalue weighted by atomic mass is 10.1. The van der Waals surface area contributed by atoms with Gasteiger partial charge < -0.3 is 10.1 Å². The van der Waals surface area contributed by atoms with E-state index in [4.69, 9.17) is 15.4 Å². The van der Waals surface area contributed by atoms with Crippen molar-refractivity contribution in [2.24, 2.45) is 0 Å². The summed E-state index contributed by atoms with van der Waals surface area (Å²) in [4.78, 5) is 11.4. The predicted molar refractivity (Wildman–Crippen MR) is 75.3 cm³/mol. The minimum atomic E-state index is -4.23. The molecule has 8 heteroatoms. The summed E-state index contributed by atoms with van der Waals surface area (Å²) in [5.74, 6) is -1.44. The maximum Gasteiger partial charge on any atom is 0.264 e. The van der Waals surface area contributed by atoms with Crippen molar-refractivity contribution in [3.8, 4) is 0 Å². The average Bonchev–Trinajstić information content (AvgIpc) is 2.85. The SMILES string of the molecule is COC1CCC(NC(=O)c2ccc(F)c(S(=O)(=O)Cl)c2)C1. The van der Waals surface area contributed by atoms with Gasteiger partial charge >= 0.3 is 0 Å². The Morgan fingerprint density at radius 3 is 2.71 bits per heavy atom. The standard InChI is InChI=1S/C13H15ClFNO4S/c1-20-10-4-3-9(7-10)16-13(17)8-2-5-11(15)12(6-8)21(14,18)19/h2,5-6,9-10H,3-4,7H2,1H3,(H,16,17). The fourth-order valence-corrected chi connectivity index (χ4v) is 3.31. The summed E-state index contributed by atoms with van der Waals surface area (Å²) in [5, 5.41) is 2.78. The van der Waals surface area contributed by atoms with E-state index in [1.807, 2.05) is 0 Å². The van der Waals surface area contributed by atoms with Gasteiger partial charge in [0.2, 0.25) is 0 Å². The second-order valence-electron chi connectivity index (χ2n) is 4.92. The van der Waals surface area contributed by atoms with Crippen molar-refractivity contribution < 1.29 is 22.3 Å². The van der Waals surface area contributed by atoms with E-state index in [1.54, 1.807) is 7.11 Å². The molecule has 1 fully saturated rings. The van der Waals surface area contributed by atoms with Crippen molar-refractivity contribution >= 4 is 25.6 Å². The molecule has 0 saturated heterocycles. The second kappa shape index (κ2) is 6.29. The maximum atomic E-state index is 13.4. The number of methoxy groups -OCH3 is 1. The molecular formula is C13H15ClFNO4S. The topological polar surface area (TPSA) is 72.5 Å². The van der Waals surface area contributed by atoms with E-state index in [0.717, 1.165) is 25.0 Å². The van der Waals surface area contributed by atoms with Gasteiger partial charge in [0.25, 0.3) is 15.0 Å². The van der Waals surface area contributed by atoms with Crippen molar-refractivity contribution in [2.45, 2.75) is 36.3 Å².